The van der Waals surface area contributed by atoms with E-state index in [-0.39, 0.29) is 29.4 Å². The quantitative estimate of drug-likeness (QED) is 0.830. The van der Waals surface area contributed by atoms with Gasteiger partial charge >= 0.3 is 0 Å². The maximum absolute atomic E-state index is 13.1. The molecule has 0 unspecified atom stereocenters. The van der Waals surface area contributed by atoms with Crippen LogP contribution in [-0.4, -0.2) is 60.5 Å². The van der Waals surface area contributed by atoms with Crippen molar-refractivity contribution >= 4 is 21.4 Å². The molecule has 2 fully saturated rings. The van der Waals surface area contributed by atoms with Crippen LogP contribution >= 0.6 is 11.3 Å². The summed E-state index contributed by atoms with van der Waals surface area (Å²) in [6.07, 6.45) is 4.77. The van der Waals surface area contributed by atoms with E-state index in [1.165, 1.54) is 10.5 Å². The van der Waals surface area contributed by atoms with Crippen LogP contribution in [0.4, 0.5) is 0 Å². The third kappa shape index (κ3) is 3.34. The Morgan fingerprint density at radius 1 is 1.31 bits per heavy atom. The molecule has 2 aromatic heterocycles. The lowest BCUT2D eigenvalue weighted by Crippen LogP contribution is -2.29. The van der Waals surface area contributed by atoms with Gasteiger partial charge in [0, 0.05) is 50.9 Å². The normalized spacial score (nSPS) is 25.7. The van der Waals surface area contributed by atoms with Crippen LogP contribution in [0.1, 0.15) is 30.4 Å². The molecule has 142 valence electrons. The van der Waals surface area contributed by atoms with E-state index in [9.17, 15) is 13.5 Å². The zero-order chi connectivity index (χ0) is 18.1. The average molecular weight is 398 g/mol. The molecule has 0 bridgehead atoms. The molecular formula is C17H23N3O4S2. The van der Waals surface area contributed by atoms with Gasteiger partial charge in [-0.25, -0.2) is 8.42 Å². The van der Waals surface area contributed by atoms with Crippen LogP contribution in [0.15, 0.2) is 34.1 Å². The predicted molar refractivity (Wildman–Crippen MR) is 97.7 cm³/mol. The Morgan fingerprint density at radius 2 is 2.12 bits per heavy atom. The van der Waals surface area contributed by atoms with Gasteiger partial charge in [0.2, 0.25) is 10.0 Å². The van der Waals surface area contributed by atoms with Crippen molar-refractivity contribution in [1.29, 1.82) is 0 Å². The maximum atomic E-state index is 13.1. The highest BCUT2D eigenvalue weighted by atomic mass is 32.2. The molecule has 2 aliphatic rings. The minimum absolute atomic E-state index is 0.0200. The molecule has 0 spiro atoms. The van der Waals surface area contributed by atoms with E-state index in [1.807, 2.05) is 16.8 Å². The summed E-state index contributed by atoms with van der Waals surface area (Å²) >= 11 is 1.59. The fourth-order valence-corrected chi connectivity index (χ4v) is 6.02. The summed E-state index contributed by atoms with van der Waals surface area (Å²) in [6, 6.07) is 2.20. The topological polar surface area (TPSA) is 84.7 Å². The SMILES string of the molecule is O=S(=O)(c1cnn(C2CCOCC2)c1)N1C[C@H](CO)[C@H](c2ccsc2)C1. The number of nitrogens with zero attached hydrogens (tertiary/aromatic N) is 3. The van der Waals surface area contributed by atoms with Gasteiger partial charge < -0.3 is 9.84 Å². The zero-order valence-electron chi connectivity index (χ0n) is 14.4. The van der Waals surface area contributed by atoms with E-state index in [4.69, 9.17) is 4.74 Å². The third-order valence-corrected chi connectivity index (χ3v) is 7.88. The van der Waals surface area contributed by atoms with Gasteiger partial charge in [-0.1, -0.05) is 0 Å². The Balaban J connectivity index is 1.54. The van der Waals surface area contributed by atoms with Crippen molar-refractivity contribution in [2.45, 2.75) is 29.7 Å². The molecule has 4 heterocycles. The van der Waals surface area contributed by atoms with E-state index in [0.717, 1.165) is 18.4 Å². The summed E-state index contributed by atoms with van der Waals surface area (Å²) < 4.78 is 34.8. The van der Waals surface area contributed by atoms with Crippen molar-refractivity contribution in [1.82, 2.24) is 14.1 Å². The first kappa shape index (κ1) is 18.1. The number of aliphatic hydroxyl groups is 1. The highest BCUT2D eigenvalue weighted by Crippen LogP contribution is 2.36. The molecule has 0 amide bonds. The molecule has 0 aromatic carbocycles. The zero-order valence-corrected chi connectivity index (χ0v) is 16.0. The van der Waals surface area contributed by atoms with Crippen LogP contribution in [0.25, 0.3) is 0 Å². The molecule has 4 rings (SSSR count). The smallest absolute Gasteiger partial charge is 0.246 e. The lowest BCUT2D eigenvalue weighted by atomic mass is 9.92. The first-order chi connectivity index (χ1) is 12.6. The van der Waals surface area contributed by atoms with Gasteiger partial charge in [-0.05, 0) is 35.2 Å². The number of hydrogen-bond donors (Lipinski definition) is 1. The molecule has 7 nitrogen and oxygen atoms in total. The van der Waals surface area contributed by atoms with Crippen LogP contribution < -0.4 is 0 Å². The first-order valence-corrected chi connectivity index (χ1v) is 11.2. The van der Waals surface area contributed by atoms with Crippen molar-refractivity contribution in [3.63, 3.8) is 0 Å². The van der Waals surface area contributed by atoms with E-state index in [1.54, 1.807) is 22.2 Å². The molecule has 0 radical (unpaired) electrons. The van der Waals surface area contributed by atoms with Crippen molar-refractivity contribution in [3.05, 3.63) is 34.8 Å². The van der Waals surface area contributed by atoms with Gasteiger partial charge in [0.05, 0.1) is 12.2 Å². The average Bonchev–Trinajstić information content (AvgIpc) is 3.42. The molecule has 0 saturated carbocycles. The number of rotatable bonds is 5. The molecule has 1 N–H and O–H groups in total. The Bertz CT molecular complexity index is 828. The second-order valence-corrected chi connectivity index (χ2v) is 9.65. The van der Waals surface area contributed by atoms with Crippen molar-refractivity contribution < 1.29 is 18.3 Å². The van der Waals surface area contributed by atoms with E-state index >= 15 is 0 Å². The molecular weight excluding hydrogens is 374 g/mol. The second-order valence-electron chi connectivity index (χ2n) is 6.93. The summed E-state index contributed by atoms with van der Waals surface area (Å²) in [4.78, 5) is 0.228. The molecule has 26 heavy (non-hydrogen) atoms. The summed E-state index contributed by atoms with van der Waals surface area (Å²) in [6.45, 7) is 2.07. The fraction of sp³-hybridized carbons (Fsp3) is 0.588. The summed E-state index contributed by atoms with van der Waals surface area (Å²) in [7, 11) is -3.61. The predicted octanol–water partition coefficient (Wildman–Crippen LogP) is 1.69. The number of hydrogen-bond acceptors (Lipinski definition) is 6. The Kier molecular flexibility index (Phi) is 5.15. The first-order valence-electron chi connectivity index (χ1n) is 8.84. The van der Waals surface area contributed by atoms with Gasteiger partial charge in [-0.15, -0.1) is 0 Å². The molecule has 2 aliphatic heterocycles. The van der Waals surface area contributed by atoms with E-state index < -0.39 is 10.0 Å². The number of ether oxygens (including phenoxy) is 1. The van der Waals surface area contributed by atoms with E-state index in [2.05, 4.69) is 5.10 Å². The van der Waals surface area contributed by atoms with Crippen LogP contribution in [0.3, 0.4) is 0 Å². The Morgan fingerprint density at radius 3 is 2.81 bits per heavy atom. The second kappa shape index (κ2) is 7.40. The van der Waals surface area contributed by atoms with Crippen LogP contribution in [0, 0.1) is 5.92 Å². The van der Waals surface area contributed by atoms with E-state index in [0.29, 0.717) is 26.3 Å². The summed E-state index contributed by atoms with van der Waals surface area (Å²) in [5, 5.41) is 18.0. The minimum atomic E-state index is -3.61. The van der Waals surface area contributed by atoms with Gasteiger partial charge in [0.25, 0.3) is 0 Å². The largest absolute Gasteiger partial charge is 0.396 e. The van der Waals surface area contributed by atoms with Crippen LogP contribution in [-0.2, 0) is 14.8 Å². The standard InChI is InChI=1S/C17H23N3O4S2/c21-11-14-8-19(10-17(14)13-3-6-25-12-13)26(22,23)16-7-18-20(9-16)15-1-4-24-5-2-15/h3,6-7,9,12,14-15,17,21H,1-2,4-5,8,10-11H2/t14-,17+/m1/s1. The molecule has 2 aromatic rings. The van der Waals surface area contributed by atoms with Gasteiger partial charge in [0.15, 0.2) is 0 Å². The Labute approximate surface area is 157 Å². The molecule has 2 saturated heterocycles. The number of aliphatic hydroxyl groups excluding tert-OH is 1. The monoisotopic (exact) mass is 397 g/mol. The molecule has 2 atom stereocenters. The van der Waals surface area contributed by atoms with Crippen LogP contribution in [0.5, 0.6) is 0 Å². The lowest BCUT2D eigenvalue weighted by molar-refractivity contribution is 0.0662. The lowest BCUT2D eigenvalue weighted by Gasteiger charge is -2.22. The van der Waals surface area contributed by atoms with Crippen molar-refractivity contribution in [2.75, 3.05) is 32.9 Å². The van der Waals surface area contributed by atoms with Crippen molar-refractivity contribution in [2.24, 2.45) is 5.92 Å². The molecule has 0 aliphatic carbocycles. The van der Waals surface area contributed by atoms with Crippen molar-refractivity contribution in [3.8, 4) is 0 Å². The van der Waals surface area contributed by atoms with Crippen LogP contribution in [0.2, 0.25) is 0 Å². The maximum Gasteiger partial charge on any atom is 0.246 e. The summed E-state index contributed by atoms with van der Waals surface area (Å²) in [5.41, 5.74) is 1.10. The minimum Gasteiger partial charge on any atom is -0.396 e. The Hall–Kier alpha value is -1.26. The number of aromatic nitrogens is 2. The fourth-order valence-electron chi connectivity index (χ4n) is 3.83. The number of sulfonamides is 1. The van der Waals surface area contributed by atoms with Gasteiger partial charge in [-0.3, -0.25) is 4.68 Å². The van der Waals surface area contributed by atoms with Gasteiger partial charge in [0.1, 0.15) is 4.90 Å². The highest BCUT2D eigenvalue weighted by Gasteiger charge is 2.40. The third-order valence-electron chi connectivity index (χ3n) is 5.39. The number of thiophene rings is 1. The van der Waals surface area contributed by atoms with Gasteiger partial charge in [-0.2, -0.15) is 20.7 Å². The molecule has 9 heteroatoms. The highest BCUT2D eigenvalue weighted by molar-refractivity contribution is 7.89. The summed E-state index contributed by atoms with van der Waals surface area (Å²) in [5.74, 6) is -0.0449.